The van der Waals surface area contributed by atoms with Crippen LogP contribution in [-0.2, 0) is 44.3 Å². The lowest BCUT2D eigenvalue weighted by Crippen LogP contribution is -2.46. The van der Waals surface area contributed by atoms with E-state index < -0.39 is 17.4 Å². The molecule has 0 aromatic heterocycles. The van der Waals surface area contributed by atoms with Crippen molar-refractivity contribution >= 4 is 40.7 Å². The molecule has 6 N–H and O–H groups in total. The number of hydrogen-bond donors (Lipinski definition) is 6. The predicted octanol–water partition coefficient (Wildman–Crippen LogP) is 3.33. The van der Waals surface area contributed by atoms with Crippen LogP contribution in [0.25, 0.3) is 0 Å². The molecular weight excluding hydrogens is 672 g/mol. The van der Waals surface area contributed by atoms with Crippen molar-refractivity contribution in [2.45, 2.75) is 82.3 Å². The van der Waals surface area contributed by atoms with Crippen molar-refractivity contribution in [3.05, 3.63) is 101 Å². The van der Waals surface area contributed by atoms with Crippen molar-refractivity contribution < 1.29 is 29.4 Å². The van der Waals surface area contributed by atoms with Gasteiger partial charge in [0.05, 0.1) is 37.0 Å². The number of hydrogen-bond acceptors (Lipinski definition) is 8. The van der Waals surface area contributed by atoms with E-state index >= 15 is 0 Å². The largest absolute Gasteiger partial charge is 0.394 e. The summed E-state index contributed by atoms with van der Waals surface area (Å²) in [6.45, 7) is 3.76. The van der Waals surface area contributed by atoms with E-state index in [4.69, 9.17) is 0 Å². The molecule has 3 aromatic rings. The van der Waals surface area contributed by atoms with Gasteiger partial charge in [0, 0.05) is 35.8 Å². The highest BCUT2D eigenvalue weighted by Crippen LogP contribution is 2.47. The third kappa shape index (κ3) is 7.50. The molecule has 0 spiro atoms. The molecule has 3 aromatic carbocycles. The Bertz CT molecular complexity index is 1890. The molecule has 12 nitrogen and oxygen atoms in total. The number of nitrogens with one attached hydrogen (secondary N) is 4. The van der Waals surface area contributed by atoms with Gasteiger partial charge >= 0.3 is 0 Å². The molecule has 0 unspecified atom stereocenters. The van der Waals surface area contributed by atoms with E-state index in [1.807, 2.05) is 36.4 Å². The number of rotatable bonds is 11. The van der Waals surface area contributed by atoms with E-state index in [1.54, 1.807) is 59.2 Å². The Balaban J connectivity index is 1.10. The molecule has 0 radical (unpaired) electrons. The maximum atomic E-state index is 14.4. The van der Waals surface area contributed by atoms with Gasteiger partial charge in [-0.15, -0.1) is 0 Å². The van der Waals surface area contributed by atoms with Gasteiger partial charge in [-0.3, -0.25) is 19.2 Å². The number of aliphatic hydroxyl groups excluding tert-OH is 1. The monoisotopic (exact) mass is 720 g/mol. The third-order valence-corrected chi connectivity index (χ3v) is 11.1. The molecule has 7 rings (SSSR count). The van der Waals surface area contributed by atoms with Gasteiger partial charge in [-0.05, 0) is 92.2 Å². The van der Waals surface area contributed by atoms with Crippen LogP contribution < -0.4 is 26.2 Å². The summed E-state index contributed by atoms with van der Waals surface area (Å²) in [6, 6.07) is 19.5. The van der Waals surface area contributed by atoms with Crippen LogP contribution in [-0.4, -0.2) is 76.6 Å². The zero-order chi connectivity index (χ0) is 37.1. The van der Waals surface area contributed by atoms with E-state index in [0.29, 0.717) is 35.6 Å². The van der Waals surface area contributed by atoms with Gasteiger partial charge in [0.1, 0.15) is 0 Å². The molecule has 2 fully saturated rings. The normalized spacial score (nSPS) is 24.3. The second-order valence-electron chi connectivity index (χ2n) is 14.6. The maximum absolute atomic E-state index is 14.4. The number of aliphatic hydroxyl groups is 2. The molecule has 4 aliphatic rings. The molecule has 4 amide bonds. The minimum atomic E-state index is -1.98. The van der Waals surface area contributed by atoms with E-state index in [1.165, 1.54) is 0 Å². The summed E-state index contributed by atoms with van der Waals surface area (Å²) >= 11 is 0. The van der Waals surface area contributed by atoms with Crippen LogP contribution in [0.3, 0.4) is 0 Å². The average molecular weight is 721 g/mol. The maximum Gasteiger partial charge on any atom is 0.264 e. The molecular formula is C41H48N6O6. The number of nitrogens with zero attached hydrogens (tertiary/aromatic N) is 2. The summed E-state index contributed by atoms with van der Waals surface area (Å²) in [4.78, 5) is 56.6. The zero-order valence-corrected chi connectivity index (χ0v) is 30.0. The van der Waals surface area contributed by atoms with Gasteiger partial charge in [0.25, 0.3) is 5.91 Å². The smallest absolute Gasteiger partial charge is 0.264 e. The Hall–Kier alpha value is -4.88. The fourth-order valence-electron chi connectivity index (χ4n) is 8.01. The summed E-state index contributed by atoms with van der Waals surface area (Å²) in [5.41, 5.74) is 3.00. The number of carbonyl (C=O) groups is 4. The first-order valence-corrected chi connectivity index (χ1v) is 18.7. The lowest BCUT2D eigenvalue weighted by Gasteiger charge is -2.36. The van der Waals surface area contributed by atoms with Crippen LogP contribution in [0.5, 0.6) is 0 Å². The molecule has 0 saturated carbocycles. The second kappa shape index (κ2) is 15.6. The van der Waals surface area contributed by atoms with Crippen molar-refractivity contribution in [2.75, 3.05) is 35.2 Å². The standard InChI is InChI=1S/C41H48N6O6/c1-26(7-4-12-37(49)46-24-29-9-3-2-8-28(29)21-32(46)25-48)41(53)33-22-31(45-39(51)35-11-6-20-43-35)17-18-36(33)47(40(41)52)23-27-13-15-30(16-14-27)44-38(50)34-10-5-19-42-34/h2-4,7-9,13-18,22,26,32,34-35,42-43,48,53H,5-6,10-12,19-21,23-25H2,1H3,(H,44,50)(H,45,51)/b7-4+/t26-,32-,34+,35+,41+/m0/s1. The van der Waals surface area contributed by atoms with Gasteiger partial charge in [-0.25, -0.2) is 0 Å². The van der Waals surface area contributed by atoms with Crippen molar-refractivity contribution in [1.29, 1.82) is 0 Å². The fraction of sp³-hybridized carbons (Fsp3) is 0.415. The van der Waals surface area contributed by atoms with Crippen LogP contribution in [0.4, 0.5) is 17.1 Å². The molecule has 0 aliphatic carbocycles. The SMILES string of the molecule is C[C@@H](/C=C/CC(=O)N1Cc2ccccc2C[C@H]1CO)[C@]1(O)C(=O)N(Cc2ccc(NC(=O)[C@H]3CCCN3)cc2)c2ccc(NC(=O)[C@H]3CCCN3)cc21. The number of anilines is 3. The van der Waals surface area contributed by atoms with Gasteiger partial charge in [-0.2, -0.15) is 0 Å². The number of benzene rings is 3. The van der Waals surface area contributed by atoms with Gasteiger partial charge in [-0.1, -0.05) is 55.5 Å². The van der Waals surface area contributed by atoms with E-state index in [-0.39, 0.29) is 55.4 Å². The highest BCUT2D eigenvalue weighted by Gasteiger charge is 2.52. The number of amides is 4. The Morgan fingerprint density at radius 1 is 0.925 bits per heavy atom. The van der Waals surface area contributed by atoms with E-state index in [9.17, 15) is 29.4 Å². The molecule has 5 atom stereocenters. The molecule has 2 saturated heterocycles. The van der Waals surface area contributed by atoms with Gasteiger partial charge in [0.2, 0.25) is 17.7 Å². The number of carbonyl (C=O) groups excluding carboxylic acids is 4. The van der Waals surface area contributed by atoms with Crippen LogP contribution in [0.1, 0.15) is 61.3 Å². The van der Waals surface area contributed by atoms with Crippen LogP contribution in [0, 0.1) is 5.92 Å². The molecule has 278 valence electrons. The molecule has 12 heteroatoms. The predicted molar refractivity (Wildman–Crippen MR) is 202 cm³/mol. The van der Waals surface area contributed by atoms with Crippen LogP contribution in [0.2, 0.25) is 0 Å². The van der Waals surface area contributed by atoms with Crippen molar-refractivity contribution in [3.8, 4) is 0 Å². The summed E-state index contributed by atoms with van der Waals surface area (Å²) in [6.07, 6.45) is 7.39. The Kier molecular flexibility index (Phi) is 10.7. The molecule has 4 heterocycles. The topological polar surface area (TPSA) is 163 Å². The van der Waals surface area contributed by atoms with Crippen LogP contribution in [0.15, 0.2) is 78.9 Å². The summed E-state index contributed by atoms with van der Waals surface area (Å²) in [5, 5.41) is 34.8. The summed E-state index contributed by atoms with van der Waals surface area (Å²) in [5.74, 6) is -1.66. The first kappa shape index (κ1) is 36.5. The molecule has 53 heavy (non-hydrogen) atoms. The summed E-state index contributed by atoms with van der Waals surface area (Å²) < 4.78 is 0. The Morgan fingerprint density at radius 3 is 2.21 bits per heavy atom. The van der Waals surface area contributed by atoms with Crippen molar-refractivity contribution in [1.82, 2.24) is 15.5 Å². The Labute approximate surface area is 309 Å². The minimum Gasteiger partial charge on any atom is -0.394 e. The second-order valence-corrected chi connectivity index (χ2v) is 14.6. The van der Waals surface area contributed by atoms with Gasteiger partial charge < -0.3 is 41.3 Å². The number of fused-ring (bicyclic) bond motifs is 2. The fourth-order valence-corrected chi connectivity index (χ4v) is 8.01. The minimum absolute atomic E-state index is 0.0357. The lowest BCUT2D eigenvalue weighted by atomic mass is 9.82. The highest BCUT2D eigenvalue weighted by molar-refractivity contribution is 6.08. The highest BCUT2D eigenvalue weighted by atomic mass is 16.3. The van der Waals surface area contributed by atoms with Crippen molar-refractivity contribution in [3.63, 3.8) is 0 Å². The zero-order valence-electron chi connectivity index (χ0n) is 30.0. The summed E-state index contributed by atoms with van der Waals surface area (Å²) in [7, 11) is 0. The molecule has 0 bridgehead atoms. The van der Waals surface area contributed by atoms with E-state index in [2.05, 4.69) is 21.3 Å². The van der Waals surface area contributed by atoms with E-state index in [0.717, 1.165) is 55.5 Å². The van der Waals surface area contributed by atoms with Crippen LogP contribution >= 0.6 is 0 Å². The molecule has 4 aliphatic heterocycles. The third-order valence-electron chi connectivity index (χ3n) is 11.1. The first-order valence-electron chi connectivity index (χ1n) is 18.7. The quantitative estimate of drug-likeness (QED) is 0.165. The average Bonchev–Trinajstić information content (AvgIpc) is 3.96. The Morgan fingerprint density at radius 2 is 1.57 bits per heavy atom. The van der Waals surface area contributed by atoms with Gasteiger partial charge in [0.15, 0.2) is 5.60 Å². The van der Waals surface area contributed by atoms with Crippen molar-refractivity contribution in [2.24, 2.45) is 5.92 Å². The first-order chi connectivity index (χ1) is 25.6. The lowest BCUT2D eigenvalue weighted by molar-refractivity contribution is -0.139.